The Bertz CT molecular complexity index is 810. The third-order valence-electron chi connectivity index (χ3n) is 5.42. The summed E-state index contributed by atoms with van der Waals surface area (Å²) in [6.45, 7) is 5.52. The lowest BCUT2D eigenvalue weighted by Crippen LogP contribution is -2.46. The average Bonchev–Trinajstić information content (AvgIpc) is 3.32. The Hall–Kier alpha value is -1.94. The van der Waals surface area contributed by atoms with E-state index in [0.29, 0.717) is 25.1 Å². The molecule has 1 aromatic heterocycles. The normalized spacial score (nSPS) is 21.1. The van der Waals surface area contributed by atoms with Crippen LogP contribution < -0.4 is 5.32 Å². The molecular weight excluding hydrogens is 384 g/mol. The topological polar surface area (TPSA) is 113 Å². The largest absolute Gasteiger partial charge is 0.360 e. The highest BCUT2D eigenvalue weighted by molar-refractivity contribution is 7.89. The molecule has 1 aromatic rings. The van der Waals surface area contributed by atoms with Gasteiger partial charge in [0.25, 0.3) is 0 Å². The van der Waals surface area contributed by atoms with E-state index in [2.05, 4.69) is 10.5 Å². The van der Waals surface area contributed by atoms with Crippen molar-refractivity contribution in [1.29, 1.82) is 0 Å². The number of sulfonamides is 1. The summed E-state index contributed by atoms with van der Waals surface area (Å²) in [7, 11) is -3.76. The molecule has 10 heteroatoms. The Morgan fingerprint density at radius 3 is 2.54 bits per heavy atom. The maximum Gasteiger partial charge on any atom is 0.248 e. The number of aromatic nitrogens is 1. The number of rotatable bonds is 6. The third kappa shape index (κ3) is 4.38. The summed E-state index contributed by atoms with van der Waals surface area (Å²) in [5.74, 6) is -0.313. The van der Waals surface area contributed by atoms with Crippen LogP contribution in [0.2, 0.25) is 0 Å². The summed E-state index contributed by atoms with van der Waals surface area (Å²) in [6, 6.07) is 0. The average molecular weight is 413 g/mol. The SMILES string of the molecule is Cc1noc(C)c1S(=O)(=O)N1CCCC(C(=O)NCCC(=O)N2CCCC2)C1. The van der Waals surface area contributed by atoms with Gasteiger partial charge in [0.05, 0.1) is 5.92 Å². The molecule has 0 aromatic carbocycles. The van der Waals surface area contributed by atoms with E-state index in [1.54, 1.807) is 13.8 Å². The molecule has 9 nitrogen and oxygen atoms in total. The monoisotopic (exact) mass is 412 g/mol. The Labute approximate surface area is 165 Å². The van der Waals surface area contributed by atoms with Crippen LogP contribution in [0, 0.1) is 19.8 Å². The van der Waals surface area contributed by atoms with Gasteiger partial charge in [0.15, 0.2) is 5.76 Å². The number of piperidine rings is 1. The van der Waals surface area contributed by atoms with E-state index in [4.69, 9.17) is 4.52 Å². The van der Waals surface area contributed by atoms with E-state index in [1.807, 2.05) is 4.90 Å². The van der Waals surface area contributed by atoms with Gasteiger partial charge in [-0.15, -0.1) is 0 Å². The van der Waals surface area contributed by atoms with Crippen molar-refractivity contribution in [2.75, 3.05) is 32.7 Å². The van der Waals surface area contributed by atoms with Gasteiger partial charge >= 0.3 is 0 Å². The molecule has 156 valence electrons. The number of hydrogen-bond acceptors (Lipinski definition) is 6. The van der Waals surface area contributed by atoms with E-state index in [1.165, 1.54) is 4.31 Å². The fraction of sp³-hybridized carbons (Fsp3) is 0.722. The highest BCUT2D eigenvalue weighted by Crippen LogP contribution is 2.27. The predicted octanol–water partition coefficient (Wildman–Crippen LogP) is 0.821. The lowest BCUT2D eigenvalue weighted by molar-refractivity contribution is -0.130. The van der Waals surface area contributed by atoms with Crippen molar-refractivity contribution in [1.82, 2.24) is 19.7 Å². The van der Waals surface area contributed by atoms with Gasteiger partial charge in [-0.1, -0.05) is 5.16 Å². The van der Waals surface area contributed by atoms with Crippen LogP contribution in [-0.4, -0.2) is 67.3 Å². The van der Waals surface area contributed by atoms with Crippen LogP contribution in [0.15, 0.2) is 9.42 Å². The van der Waals surface area contributed by atoms with Gasteiger partial charge in [-0.25, -0.2) is 8.42 Å². The Morgan fingerprint density at radius 1 is 1.18 bits per heavy atom. The lowest BCUT2D eigenvalue weighted by Gasteiger charge is -2.31. The first kappa shape index (κ1) is 20.8. The molecule has 0 spiro atoms. The van der Waals surface area contributed by atoms with E-state index in [0.717, 1.165) is 25.9 Å². The Balaban J connectivity index is 1.55. The van der Waals surface area contributed by atoms with Gasteiger partial charge < -0.3 is 14.7 Å². The number of hydrogen-bond donors (Lipinski definition) is 1. The predicted molar refractivity (Wildman–Crippen MR) is 101 cm³/mol. The van der Waals surface area contributed by atoms with Crippen LogP contribution in [0.25, 0.3) is 0 Å². The summed E-state index contributed by atoms with van der Waals surface area (Å²) >= 11 is 0. The molecule has 2 amide bonds. The van der Waals surface area contributed by atoms with E-state index in [-0.39, 0.29) is 42.0 Å². The highest BCUT2D eigenvalue weighted by atomic mass is 32.2. The zero-order chi connectivity index (χ0) is 20.3. The number of carbonyl (C=O) groups is 2. The zero-order valence-corrected chi connectivity index (χ0v) is 17.3. The third-order valence-corrected chi connectivity index (χ3v) is 7.53. The molecule has 2 aliphatic rings. The van der Waals surface area contributed by atoms with Crippen molar-refractivity contribution < 1.29 is 22.5 Å². The first-order valence-electron chi connectivity index (χ1n) is 9.79. The number of amides is 2. The van der Waals surface area contributed by atoms with Crippen molar-refractivity contribution in [3.05, 3.63) is 11.5 Å². The van der Waals surface area contributed by atoms with Crippen LogP contribution >= 0.6 is 0 Å². The first-order chi connectivity index (χ1) is 13.3. The molecule has 28 heavy (non-hydrogen) atoms. The lowest BCUT2D eigenvalue weighted by atomic mass is 9.99. The van der Waals surface area contributed by atoms with Gasteiger partial charge in [-0.05, 0) is 39.5 Å². The van der Waals surface area contributed by atoms with E-state index in [9.17, 15) is 18.0 Å². The van der Waals surface area contributed by atoms with Crippen molar-refractivity contribution >= 4 is 21.8 Å². The standard InChI is InChI=1S/C18H28N4O5S/c1-13-17(14(2)27-20-13)28(25,26)22-11-5-6-15(12-22)18(24)19-8-7-16(23)21-9-3-4-10-21/h15H,3-12H2,1-2H3,(H,19,24). The van der Waals surface area contributed by atoms with E-state index >= 15 is 0 Å². The fourth-order valence-corrected chi connectivity index (χ4v) is 5.72. The van der Waals surface area contributed by atoms with E-state index < -0.39 is 15.9 Å². The van der Waals surface area contributed by atoms with Crippen LogP contribution in [0.3, 0.4) is 0 Å². The van der Waals surface area contributed by atoms with Gasteiger partial charge in [0.1, 0.15) is 10.6 Å². The van der Waals surface area contributed by atoms with Crippen LogP contribution in [0.5, 0.6) is 0 Å². The summed E-state index contributed by atoms with van der Waals surface area (Å²) in [5.41, 5.74) is 0.324. The van der Waals surface area contributed by atoms with Crippen molar-refractivity contribution in [2.45, 2.75) is 50.8 Å². The van der Waals surface area contributed by atoms with Crippen molar-refractivity contribution in [3.8, 4) is 0 Å². The molecular formula is C18H28N4O5S. The minimum absolute atomic E-state index is 0.0593. The van der Waals surface area contributed by atoms with Gasteiger partial charge in [-0.3, -0.25) is 9.59 Å². The maximum absolute atomic E-state index is 13.0. The molecule has 0 saturated carbocycles. The summed E-state index contributed by atoms with van der Waals surface area (Å²) in [6.07, 6.45) is 3.58. The molecule has 1 atom stereocenters. The molecule has 0 radical (unpaired) electrons. The summed E-state index contributed by atoms with van der Waals surface area (Å²) in [5, 5.41) is 6.52. The Morgan fingerprint density at radius 2 is 1.89 bits per heavy atom. The van der Waals surface area contributed by atoms with Crippen LogP contribution in [0.4, 0.5) is 0 Å². The van der Waals surface area contributed by atoms with Crippen molar-refractivity contribution in [3.63, 3.8) is 0 Å². The number of likely N-dealkylation sites (tertiary alicyclic amines) is 1. The van der Waals surface area contributed by atoms with Gasteiger partial charge in [0, 0.05) is 39.1 Å². The first-order valence-corrected chi connectivity index (χ1v) is 11.2. The number of carbonyl (C=O) groups excluding carboxylic acids is 2. The Kier molecular flexibility index (Phi) is 6.39. The maximum atomic E-state index is 13.0. The van der Waals surface area contributed by atoms with Crippen LogP contribution in [-0.2, 0) is 19.6 Å². The molecule has 0 bridgehead atoms. The number of nitrogens with one attached hydrogen (secondary N) is 1. The van der Waals surface area contributed by atoms with Crippen molar-refractivity contribution in [2.24, 2.45) is 5.92 Å². The molecule has 2 aliphatic heterocycles. The molecule has 1 unspecified atom stereocenters. The second-order valence-electron chi connectivity index (χ2n) is 7.48. The number of aryl methyl sites for hydroxylation is 2. The molecule has 0 aliphatic carbocycles. The minimum Gasteiger partial charge on any atom is -0.360 e. The second-order valence-corrected chi connectivity index (χ2v) is 9.36. The van der Waals surface area contributed by atoms with Gasteiger partial charge in [-0.2, -0.15) is 4.31 Å². The smallest absolute Gasteiger partial charge is 0.248 e. The molecule has 3 rings (SSSR count). The second kappa shape index (κ2) is 8.60. The molecule has 2 fully saturated rings. The summed E-state index contributed by atoms with van der Waals surface area (Å²) in [4.78, 5) is 26.5. The van der Waals surface area contributed by atoms with Crippen LogP contribution in [0.1, 0.15) is 43.6 Å². The van der Waals surface area contributed by atoms with Gasteiger partial charge in [0.2, 0.25) is 21.8 Å². The molecule has 2 saturated heterocycles. The zero-order valence-electron chi connectivity index (χ0n) is 16.4. The summed E-state index contributed by atoms with van der Waals surface area (Å²) < 4.78 is 32.2. The highest BCUT2D eigenvalue weighted by Gasteiger charge is 2.36. The minimum atomic E-state index is -3.76. The fourth-order valence-electron chi connectivity index (χ4n) is 3.91. The molecule has 1 N–H and O–H groups in total. The number of nitrogens with zero attached hydrogens (tertiary/aromatic N) is 3. The molecule has 3 heterocycles. The quantitative estimate of drug-likeness (QED) is 0.740.